The number of nitrogens with zero attached hydrogens (tertiary/aromatic N) is 1. The van der Waals surface area contributed by atoms with Crippen LogP contribution in [0.4, 0.5) is 11.4 Å². The third kappa shape index (κ3) is 1.59. The molecule has 2 aliphatic rings. The number of ether oxygens (including phenoxy) is 1. The molecule has 90 valence electrons. The largest absolute Gasteiger partial charge is 0.380 e. The van der Waals surface area contributed by atoms with Gasteiger partial charge in [-0.15, -0.1) is 0 Å². The first kappa shape index (κ1) is 10.9. The standard InChI is InChI=1S/C12H13ClN2O2/c1-17-7-5-10-12(16)14-9-4-2-3-8(13)11(9)15(10)6-7/h2-4,7,10H,5-6H2,1H3,(H,14,16). The van der Waals surface area contributed by atoms with Crippen molar-refractivity contribution in [3.8, 4) is 0 Å². The lowest BCUT2D eigenvalue weighted by atomic mass is 10.1. The van der Waals surface area contributed by atoms with Gasteiger partial charge in [0.15, 0.2) is 0 Å². The average Bonchev–Trinajstić information content (AvgIpc) is 2.73. The van der Waals surface area contributed by atoms with Gasteiger partial charge in [-0.1, -0.05) is 17.7 Å². The fourth-order valence-electron chi connectivity index (χ4n) is 2.59. The van der Waals surface area contributed by atoms with Gasteiger partial charge in [-0.05, 0) is 12.1 Å². The normalized spacial score (nSPS) is 26.5. The Morgan fingerprint density at radius 3 is 3.12 bits per heavy atom. The van der Waals surface area contributed by atoms with Gasteiger partial charge in [0.05, 0.1) is 22.5 Å². The Labute approximate surface area is 104 Å². The molecule has 0 aromatic heterocycles. The molecule has 0 aliphatic carbocycles. The lowest BCUT2D eigenvalue weighted by Gasteiger charge is -2.33. The second-order valence-corrected chi connectivity index (χ2v) is 4.79. The molecule has 17 heavy (non-hydrogen) atoms. The number of rotatable bonds is 1. The molecule has 3 rings (SSSR count). The molecule has 0 spiro atoms. The van der Waals surface area contributed by atoms with E-state index in [-0.39, 0.29) is 18.1 Å². The molecule has 1 aromatic carbocycles. The molecular formula is C12H13ClN2O2. The molecule has 2 aliphatic heterocycles. The van der Waals surface area contributed by atoms with E-state index in [1.165, 1.54) is 0 Å². The third-order valence-electron chi connectivity index (χ3n) is 3.43. The summed E-state index contributed by atoms with van der Waals surface area (Å²) in [6, 6.07) is 5.39. The minimum absolute atomic E-state index is 0.0271. The summed E-state index contributed by atoms with van der Waals surface area (Å²) in [6.45, 7) is 0.714. The zero-order valence-corrected chi connectivity index (χ0v) is 10.2. The molecule has 1 aromatic rings. The van der Waals surface area contributed by atoms with Crippen molar-refractivity contribution in [3.05, 3.63) is 23.2 Å². The van der Waals surface area contributed by atoms with Crippen LogP contribution >= 0.6 is 11.6 Å². The predicted octanol–water partition coefficient (Wildman–Crippen LogP) is 1.89. The molecule has 4 nitrogen and oxygen atoms in total. The van der Waals surface area contributed by atoms with Crippen LogP contribution in [-0.2, 0) is 9.53 Å². The van der Waals surface area contributed by atoms with Crippen LogP contribution in [0.2, 0.25) is 5.02 Å². The van der Waals surface area contributed by atoms with Gasteiger partial charge < -0.3 is 15.0 Å². The Morgan fingerprint density at radius 2 is 2.35 bits per heavy atom. The molecule has 5 heteroatoms. The van der Waals surface area contributed by atoms with E-state index < -0.39 is 0 Å². The number of amides is 1. The molecule has 1 N–H and O–H groups in total. The van der Waals surface area contributed by atoms with Crippen LogP contribution in [0.1, 0.15) is 6.42 Å². The van der Waals surface area contributed by atoms with Gasteiger partial charge in [0.1, 0.15) is 6.04 Å². The van der Waals surface area contributed by atoms with Crippen molar-refractivity contribution in [2.75, 3.05) is 23.9 Å². The molecule has 2 heterocycles. The van der Waals surface area contributed by atoms with Crippen LogP contribution in [0.5, 0.6) is 0 Å². The SMILES string of the molecule is COC1CC2C(=O)Nc3cccc(Cl)c3N2C1. The van der Waals surface area contributed by atoms with E-state index in [0.29, 0.717) is 18.0 Å². The van der Waals surface area contributed by atoms with E-state index in [0.717, 1.165) is 11.4 Å². The van der Waals surface area contributed by atoms with Crippen molar-refractivity contribution in [1.82, 2.24) is 0 Å². The summed E-state index contributed by atoms with van der Waals surface area (Å²) >= 11 is 6.21. The maximum absolute atomic E-state index is 12.0. The van der Waals surface area contributed by atoms with Crippen molar-refractivity contribution < 1.29 is 9.53 Å². The van der Waals surface area contributed by atoms with Gasteiger partial charge in [-0.3, -0.25) is 4.79 Å². The van der Waals surface area contributed by atoms with E-state index >= 15 is 0 Å². The molecule has 2 unspecified atom stereocenters. The van der Waals surface area contributed by atoms with Gasteiger partial charge in [-0.25, -0.2) is 0 Å². The number of fused-ring (bicyclic) bond motifs is 3. The molecule has 0 saturated carbocycles. The van der Waals surface area contributed by atoms with Crippen LogP contribution in [0.15, 0.2) is 18.2 Å². The van der Waals surface area contributed by atoms with Gasteiger partial charge >= 0.3 is 0 Å². The minimum Gasteiger partial charge on any atom is -0.380 e. The van der Waals surface area contributed by atoms with Crippen molar-refractivity contribution in [1.29, 1.82) is 0 Å². The molecule has 0 radical (unpaired) electrons. The van der Waals surface area contributed by atoms with E-state index in [2.05, 4.69) is 5.32 Å². The van der Waals surface area contributed by atoms with Crippen molar-refractivity contribution in [2.24, 2.45) is 0 Å². The second kappa shape index (κ2) is 3.89. The zero-order chi connectivity index (χ0) is 12.0. The number of hydrogen-bond donors (Lipinski definition) is 1. The number of carbonyl (C=O) groups is 1. The Kier molecular flexibility index (Phi) is 2.49. The Morgan fingerprint density at radius 1 is 1.53 bits per heavy atom. The third-order valence-corrected chi connectivity index (χ3v) is 3.74. The molecule has 2 atom stereocenters. The fraction of sp³-hybridized carbons (Fsp3) is 0.417. The van der Waals surface area contributed by atoms with E-state index in [9.17, 15) is 4.79 Å². The highest BCUT2D eigenvalue weighted by Gasteiger charge is 2.41. The predicted molar refractivity (Wildman–Crippen MR) is 66.6 cm³/mol. The summed E-state index contributed by atoms with van der Waals surface area (Å²) in [5.74, 6) is 0.0271. The van der Waals surface area contributed by atoms with Crippen molar-refractivity contribution >= 4 is 28.9 Å². The molecule has 1 amide bonds. The number of para-hydroxylation sites is 1. The van der Waals surface area contributed by atoms with E-state index in [1.54, 1.807) is 7.11 Å². The number of nitrogens with one attached hydrogen (secondary N) is 1. The molecular weight excluding hydrogens is 240 g/mol. The number of carbonyl (C=O) groups excluding carboxylic acids is 1. The topological polar surface area (TPSA) is 41.6 Å². The van der Waals surface area contributed by atoms with Crippen molar-refractivity contribution in [2.45, 2.75) is 18.6 Å². The highest BCUT2D eigenvalue weighted by molar-refractivity contribution is 6.34. The first-order valence-electron chi connectivity index (χ1n) is 5.59. The summed E-state index contributed by atoms with van der Waals surface area (Å²) in [5.41, 5.74) is 1.70. The Hall–Kier alpha value is -1.26. The number of hydrogen-bond acceptors (Lipinski definition) is 3. The molecule has 0 bridgehead atoms. The molecule has 1 saturated heterocycles. The van der Waals surface area contributed by atoms with Crippen LogP contribution in [-0.4, -0.2) is 31.7 Å². The van der Waals surface area contributed by atoms with Crippen LogP contribution in [0, 0.1) is 0 Å². The summed E-state index contributed by atoms with van der Waals surface area (Å²) in [6.07, 6.45) is 0.806. The Bertz CT molecular complexity index is 478. The van der Waals surface area contributed by atoms with Crippen LogP contribution in [0.3, 0.4) is 0 Å². The second-order valence-electron chi connectivity index (χ2n) is 4.39. The number of halogens is 1. The number of anilines is 2. The quantitative estimate of drug-likeness (QED) is 0.830. The van der Waals surface area contributed by atoms with E-state index in [4.69, 9.17) is 16.3 Å². The molecule has 1 fully saturated rings. The monoisotopic (exact) mass is 252 g/mol. The maximum atomic E-state index is 12.0. The average molecular weight is 253 g/mol. The van der Waals surface area contributed by atoms with Gasteiger partial charge in [0.25, 0.3) is 0 Å². The minimum atomic E-state index is -0.160. The first-order chi connectivity index (χ1) is 8.20. The van der Waals surface area contributed by atoms with Gasteiger partial charge in [0, 0.05) is 20.1 Å². The maximum Gasteiger partial charge on any atom is 0.247 e. The van der Waals surface area contributed by atoms with Crippen molar-refractivity contribution in [3.63, 3.8) is 0 Å². The highest BCUT2D eigenvalue weighted by Crippen LogP contribution is 2.41. The lowest BCUT2D eigenvalue weighted by Crippen LogP contribution is -2.44. The number of benzene rings is 1. The summed E-state index contributed by atoms with van der Waals surface area (Å²) in [4.78, 5) is 14.0. The highest BCUT2D eigenvalue weighted by atomic mass is 35.5. The zero-order valence-electron chi connectivity index (χ0n) is 9.44. The fourth-order valence-corrected chi connectivity index (χ4v) is 2.87. The first-order valence-corrected chi connectivity index (χ1v) is 5.97. The smallest absolute Gasteiger partial charge is 0.247 e. The van der Waals surface area contributed by atoms with Crippen LogP contribution in [0.25, 0.3) is 0 Å². The van der Waals surface area contributed by atoms with Crippen LogP contribution < -0.4 is 10.2 Å². The summed E-state index contributed by atoms with van der Waals surface area (Å²) < 4.78 is 5.34. The Balaban J connectivity index is 2.06. The lowest BCUT2D eigenvalue weighted by molar-refractivity contribution is -0.117. The van der Waals surface area contributed by atoms with E-state index in [1.807, 2.05) is 23.1 Å². The van der Waals surface area contributed by atoms with Gasteiger partial charge in [0.2, 0.25) is 5.91 Å². The summed E-state index contributed by atoms with van der Waals surface area (Å²) in [7, 11) is 1.68. The summed E-state index contributed by atoms with van der Waals surface area (Å²) in [5, 5.41) is 3.57. The number of methoxy groups -OCH3 is 1. The van der Waals surface area contributed by atoms with Gasteiger partial charge in [-0.2, -0.15) is 0 Å².